The number of hydrogen-bond acceptors (Lipinski definition) is 5. The van der Waals surface area contributed by atoms with Gasteiger partial charge in [-0.25, -0.2) is 4.79 Å². The van der Waals surface area contributed by atoms with Crippen molar-refractivity contribution in [3.05, 3.63) is 35.0 Å². The second-order valence-electron chi connectivity index (χ2n) is 9.38. The first-order valence-corrected chi connectivity index (χ1v) is 11.3. The van der Waals surface area contributed by atoms with Crippen molar-refractivity contribution in [2.75, 3.05) is 20.2 Å². The third-order valence-electron chi connectivity index (χ3n) is 5.94. The third kappa shape index (κ3) is 5.63. The summed E-state index contributed by atoms with van der Waals surface area (Å²) in [6.45, 7) is 6.20. The van der Waals surface area contributed by atoms with Crippen LogP contribution in [0.5, 0.6) is 5.75 Å². The number of carboxylic acids is 1. The number of carboxylic acid groups (broad SMARTS) is 1. The van der Waals surface area contributed by atoms with E-state index in [1.54, 1.807) is 12.0 Å². The number of nitrogens with zero attached hydrogens (tertiary/aromatic N) is 2. The van der Waals surface area contributed by atoms with Gasteiger partial charge in [0.25, 0.3) is 0 Å². The average molecular weight is 463 g/mol. The number of carbonyl (C=O) groups is 2. The fourth-order valence-corrected chi connectivity index (χ4v) is 4.33. The molecule has 1 aliphatic rings. The van der Waals surface area contributed by atoms with Gasteiger partial charge in [0.15, 0.2) is 0 Å². The average Bonchev–Trinajstić information content (AvgIpc) is 2.72. The number of carbonyl (C=O) groups excluding carboxylic acids is 1. The van der Waals surface area contributed by atoms with Gasteiger partial charge in [0, 0.05) is 18.5 Å². The molecule has 2 aromatic rings. The Morgan fingerprint density at radius 1 is 1.22 bits per heavy atom. The molecule has 1 N–H and O–H groups in total. The monoisotopic (exact) mass is 462 g/mol. The molecule has 0 saturated carbocycles. The zero-order chi connectivity index (χ0) is 23.5. The number of likely N-dealkylation sites (tertiary alicyclic amines) is 1. The molecule has 0 spiro atoms. The molecule has 1 aromatic heterocycles. The summed E-state index contributed by atoms with van der Waals surface area (Å²) in [5.41, 5.74) is 0.158. The molecule has 0 unspecified atom stereocenters. The van der Waals surface area contributed by atoms with Crippen molar-refractivity contribution in [1.29, 1.82) is 0 Å². The van der Waals surface area contributed by atoms with E-state index in [-0.39, 0.29) is 6.09 Å². The van der Waals surface area contributed by atoms with E-state index in [9.17, 15) is 14.7 Å². The summed E-state index contributed by atoms with van der Waals surface area (Å²) in [6, 6.07) is 7.49. The van der Waals surface area contributed by atoms with E-state index in [2.05, 4.69) is 4.98 Å². The number of piperidine rings is 1. The van der Waals surface area contributed by atoms with E-state index in [0.29, 0.717) is 50.2 Å². The topological polar surface area (TPSA) is 89.0 Å². The summed E-state index contributed by atoms with van der Waals surface area (Å²) >= 11 is 6.45. The fourth-order valence-electron chi connectivity index (χ4n) is 4.08. The first-order chi connectivity index (χ1) is 15.0. The minimum absolute atomic E-state index is 0.373. The van der Waals surface area contributed by atoms with Gasteiger partial charge in [-0.1, -0.05) is 11.6 Å². The zero-order valence-corrected chi connectivity index (χ0v) is 19.9. The number of pyridine rings is 1. The molecule has 174 valence electrons. The highest BCUT2D eigenvalue weighted by molar-refractivity contribution is 6.31. The first-order valence-electron chi connectivity index (χ1n) is 10.9. The number of aliphatic carboxylic acids is 1. The number of halogens is 1. The van der Waals surface area contributed by atoms with E-state index in [1.165, 1.54) is 0 Å². The van der Waals surface area contributed by atoms with Crippen LogP contribution in [0, 0.1) is 5.41 Å². The number of benzene rings is 1. The minimum atomic E-state index is -0.852. The Morgan fingerprint density at radius 3 is 2.50 bits per heavy atom. The number of aryl methyl sites for hydroxylation is 1. The highest BCUT2D eigenvalue weighted by Gasteiger charge is 2.42. The first kappa shape index (κ1) is 24.1. The van der Waals surface area contributed by atoms with E-state index in [0.717, 1.165) is 22.3 Å². The van der Waals surface area contributed by atoms with Crippen molar-refractivity contribution >= 4 is 34.6 Å². The maximum atomic E-state index is 12.3. The van der Waals surface area contributed by atoms with Gasteiger partial charge in [0.1, 0.15) is 11.4 Å². The maximum Gasteiger partial charge on any atom is 0.410 e. The smallest absolute Gasteiger partial charge is 0.410 e. The summed E-state index contributed by atoms with van der Waals surface area (Å²) in [6.07, 6.45) is 2.16. The van der Waals surface area contributed by atoms with Crippen LogP contribution in [0.25, 0.3) is 10.9 Å². The highest BCUT2D eigenvalue weighted by Crippen LogP contribution is 2.38. The quantitative estimate of drug-likeness (QED) is 0.624. The lowest BCUT2D eigenvalue weighted by atomic mass is 9.74. The number of methoxy groups -OCH3 is 1. The number of rotatable bonds is 6. The van der Waals surface area contributed by atoms with Gasteiger partial charge < -0.3 is 19.5 Å². The van der Waals surface area contributed by atoms with Crippen molar-refractivity contribution in [1.82, 2.24) is 9.88 Å². The lowest BCUT2D eigenvalue weighted by molar-refractivity contribution is -0.152. The maximum absolute atomic E-state index is 12.3. The van der Waals surface area contributed by atoms with Gasteiger partial charge in [-0.2, -0.15) is 0 Å². The lowest BCUT2D eigenvalue weighted by Gasteiger charge is -2.39. The molecule has 0 radical (unpaired) electrons. The zero-order valence-electron chi connectivity index (χ0n) is 19.1. The van der Waals surface area contributed by atoms with E-state index < -0.39 is 17.0 Å². The molecule has 1 saturated heterocycles. The fraction of sp³-hybridized carbons (Fsp3) is 0.542. The number of amides is 1. The van der Waals surface area contributed by atoms with Crippen LogP contribution < -0.4 is 4.74 Å². The van der Waals surface area contributed by atoms with Crippen LogP contribution in [-0.2, 0) is 16.0 Å². The Labute approximate surface area is 193 Å². The Bertz CT molecular complexity index is 994. The summed E-state index contributed by atoms with van der Waals surface area (Å²) in [5, 5.41) is 11.4. The number of fused-ring (bicyclic) bond motifs is 1. The van der Waals surface area contributed by atoms with Crippen LogP contribution in [-0.4, -0.2) is 52.9 Å². The van der Waals surface area contributed by atoms with Crippen molar-refractivity contribution < 1.29 is 24.2 Å². The van der Waals surface area contributed by atoms with Gasteiger partial charge >= 0.3 is 12.1 Å². The molecule has 32 heavy (non-hydrogen) atoms. The van der Waals surface area contributed by atoms with Crippen molar-refractivity contribution in [2.45, 2.75) is 58.5 Å². The second-order valence-corrected chi connectivity index (χ2v) is 9.79. The Hall–Kier alpha value is -2.54. The van der Waals surface area contributed by atoms with Crippen molar-refractivity contribution in [3.8, 4) is 5.75 Å². The Balaban J connectivity index is 1.63. The summed E-state index contributed by atoms with van der Waals surface area (Å²) in [4.78, 5) is 30.7. The normalized spacial score (nSPS) is 16.1. The molecule has 0 atom stereocenters. The number of hydrogen-bond donors (Lipinski definition) is 1. The van der Waals surface area contributed by atoms with Gasteiger partial charge in [0.05, 0.1) is 28.8 Å². The second kappa shape index (κ2) is 9.53. The molecule has 1 aromatic carbocycles. The lowest BCUT2D eigenvalue weighted by Crippen LogP contribution is -2.48. The predicted molar refractivity (Wildman–Crippen MR) is 123 cm³/mol. The Kier molecular flexibility index (Phi) is 7.18. The van der Waals surface area contributed by atoms with Crippen LogP contribution in [0.4, 0.5) is 4.79 Å². The van der Waals surface area contributed by atoms with E-state index in [1.807, 2.05) is 45.0 Å². The van der Waals surface area contributed by atoms with Gasteiger partial charge in [0.2, 0.25) is 0 Å². The summed E-state index contributed by atoms with van der Waals surface area (Å²) in [7, 11) is 1.61. The van der Waals surface area contributed by atoms with Crippen LogP contribution in [0.15, 0.2) is 24.3 Å². The molecule has 0 aliphatic carbocycles. The minimum Gasteiger partial charge on any atom is -0.497 e. The molecule has 2 heterocycles. The number of ether oxygens (including phenoxy) is 2. The molecule has 8 heteroatoms. The largest absolute Gasteiger partial charge is 0.497 e. The SMILES string of the molecule is COc1ccc2nc(CCCC3(C(=O)O)CCN(C(=O)OC(C)(C)C)CC3)c(Cl)cc2c1. The molecular formula is C24H31ClN2O5. The van der Waals surface area contributed by atoms with Crippen LogP contribution in [0.2, 0.25) is 5.02 Å². The van der Waals surface area contributed by atoms with Gasteiger partial charge in [-0.3, -0.25) is 9.78 Å². The predicted octanol–water partition coefficient (Wildman–Crippen LogP) is 5.32. The molecule has 1 fully saturated rings. The summed E-state index contributed by atoms with van der Waals surface area (Å²) in [5.74, 6) is -0.0738. The van der Waals surface area contributed by atoms with Crippen LogP contribution >= 0.6 is 11.6 Å². The van der Waals surface area contributed by atoms with Crippen molar-refractivity contribution in [3.63, 3.8) is 0 Å². The van der Waals surface area contributed by atoms with Gasteiger partial charge in [-0.15, -0.1) is 0 Å². The van der Waals surface area contributed by atoms with Gasteiger partial charge in [-0.05, 0) is 77.1 Å². The van der Waals surface area contributed by atoms with Crippen molar-refractivity contribution in [2.24, 2.45) is 5.41 Å². The molecular weight excluding hydrogens is 432 g/mol. The standard InChI is InChI=1S/C24H31ClN2O5/c1-23(2,3)32-22(30)27-12-10-24(11-13-27,21(28)29)9-5-6-20-18(25)15-16-14-17(31-4)7-8-19(16)26-20/h7-8,14-15H,5-6,9-13H2,1-4H3,(H,28,29). The molecule has 0 bridgehead atoms. The third-order valence-corrected chi connectivity index (χ3v) is 6.27. The summed E-state index contributed by atoms with van der Waals surface area (Å²) < 4.78 is 10.7. The molecule has 1 aliphatic heterocycles. The number of aromatic nitrogens is 1. The van der Waals surface area contributed by atoms with E-state index >= 15 is 0 Å². The molecule has 3 rings (SSSR count). The van der Waals surface area contributed by atoms with Crippen LogP contribution in [0.1, 0.15) is 52.1 Å². The highest BCUT2D eigenvalue weighted by atomic mass is 35.5. The van der Waals surface area contributed by atoms with E-state index in [4.69, 9.17) is 21.1 Å². The Morgan fingerprint density at radius 2 is 1.91 bits per heavy atom. The molecule has 1 amide bonds. The molecule has 7 nitrogen and oxygen atoms in total. The van der Waals surface area contributed by atoms with Crippen LogP contribution in [0.3, 0.4) is 0 Å².